The molecule has 0 unspecified atom stereocenters. The Morgan fingerprint density at radius 2 is 2.00 bits per heavy atom. The fraction of sp³-hybridized carbons (Fsp3) is 0.667. The van der Waals surface area contributed by atoms with E-state index in [9.17, 15) is 9.18 Å². The van der Waals surface area contributed by atoms with E-state index in [1.54, 1.807) is 22.5 Å². The number of carbonyl (C=O) groups excluding carboxylic acids is 1. The van der Waals surface area contributed by atoms with Gasteiger partial charge in [0.15, 0.2) is 0 Å². The molecule has 2 amide bonds. The summed E-state index contributed by atoms with van der Waals surface area (Å²) in [6.07, 6.45) is 2.85. The summed E-state index contributed by atoms with van der Waals surface area (Å²) in [5, 5.41) is 8.75. The number of amides is 2. The molecule has 4 aliphatic rings. The number of nitrogens with one attached hydrogen (secondary N) is 1. The Hall–Kier alpha value is -1.94. The van der Waals surface area contributed by atoms with E-state index in [1.807, 2.05) is 0 Å². The van der Waals surface area contributed by atoms with Crippen LogP contribution in [-0.4, -0.2) is 84.8 Å². The van der Waals surface area contributed by atoms with Crippen LogP contribution in [-0.2, 0) is 9.47 Å². The maximum Gasteiger partial charge on any atom is 0.341 e. The fourth-order valence-corrected chi connectivity index (χ4v) is 5.12. The second-order valence-corrected chi connectivity index (χ2v) is 8.89. The summed E-state index contributed by atoms with van der Waals surface area (Å²) in [5.41, 5.74) is 2.36. The molecule has 4 aliphatic heterocycles. The predicted octanol–water partition coefficient (Wildman–Crippen LogP) is 1.72. The molecule has 1 spiro atoms. The first-order valence-electron chi connectivity index (χ1n) is 10.7. The number of rotatable bonds is 4. The smallest absolute Gasteiger partial charge is 0.341 e. The summed E-state index contributed by atoms with van der Waals surface area (Å²) in [4.78, 5) is 15.5. The molecule has 4 heterocycles. The van der Waals surface area contributed by atoms with Gasteiger partial charge >= 0.3 is 6.03 Å². The van der Waals surface area contributed by atoms with Crippen molar-refractivity contribution in [2.75, 3.05) is 46.0 Å². The van der Waals surface area contributed by atoms with Crippen LogP contribution in [0.3, 0.4) is 0 Å². The number of nitrogens with zero attached hydrogens (tertiary/aromatic N) is 2. The van der Waals surface area contributed by atoms with E-state index in [0.29, 0.717) is 39.0 Å². The monoisotopic (exact) mass is 421 g/mol. The van der Waals surface area contributed by atoms with Crippen LogP contribution in [0.15, 0.2) is 18.2 Å². The first-order chi connectivity index (χ1) is 14.5. The van der Waals surface area contributed by atoms with Gasteiger partial charge in [-0.1, -0.05) is 0 Å². The average Bonchev–Trinajstić information content (AvgIpc) is 3.16. The van der Waals surface area contributed by atoms with E-state index < -0.39 is 6.03 Å². The Bertz CT molecular complexity index is 791. The molecule has 0 saturated carbocycles. The number of hydrogen-bond donors (Lipinski definition) is 2. The molecule has 1 aromatic carbocycles. The highest BCUT2D eigenvalue weighted by molar-refractivity contribution is 5.74. The van der Waals surface area contributed by atoms with Gasteiger partial charge in [0.25, 0.3) is 0 Å². The lowest BCUT2D eigenvalue weighted by molar-refractivity contribution is -0.0948. The number of likely N-dealkylation sites (tertiary alicyclic amines) is 2. The zero-order valence-electron chi connectivity index (χ0n) is 16.9. The molecule has 5 rings (SSSR count). The number of piperidine rings is 1. The first kappa shape index (κ1) is 20.0. The highest BCUT2D eigenvalue weighted by Crippen LogP contribution is 2.40. The molecule has 0 radical (unpaired) electrons. The largest absolute Gasteiger partial charge is 0.485 e. The maximum absolute atomic E-state index is 13.9. The molecule has 30 heavy (non-hydrogen) atoms. The molecule has 4 saturated heterocycles. The van der Waals surface area contributed by atoms with Crippen molar-refractivity contribution < 1.29 is 28.6 Å². The Balaban J connectivity index is 1.17. The van der Waals surface area contributed by atoms with Gasteiger partial charge in [-0.25, -0.2) is 14.7 Å². The van der Waals surface area contributed by atoms with E-state index in [4.69, 9.17) is 19.4 Å². The normalized spacial score (nSPS) is 27.0. The van der Waals surface area contributed by atoms with Crippen molar-refractivity contribution in [3.63, 3.8) is 0 Å². The first-order valence-corrected chi connectivity index (χ1v) is 10.7. The van der Waals surface area contributed by atoms with Gasteiger partial charge < -0.3 is 19.1 Å². The van der Waals surface area contributed by atoms with Gasteiger partial charge in [-0.05, 0) is 56.5 Å². The maximum atomic E-state index is 13.9. The summed E-state index contributed by atoms with van der Waals surface area (Å²) in [7, 11) is 0. The third-order valence-corrected chi connectivity index (χ3v) is 6.89. The van der Waals surface area contributed by atoms with Crippen molar-refractivity contribution in [3.05, 3.63) is 29.6 Å². The minimum atomic E-state index is -0.477. The van der Waals surface area contributed by atoms with Crippen molar-refractivity contribution in [3.8, 4) is 5.75 Å². The number of ether oxygens (including phenoxy) is 3. The lowest BCUT2D eigenvalue weighted by atomic mass is 9.86. The lowest BCUT2D eigenvalue weighted by Gasteiger charge is -2.46. The van der Waals surface area contributed by atoms with Crippen LogP contribution < -0.4 is 10.2 Å². The van der Waals surface area contributed by atoms with Crippen LogP contribution in [0.25, 0.3) is 0 Å². The van der Waals surface area contributed by atoms with Crippen LogP contribution in [0.2, 0.25) is 0 Å². The summed E-state index contributed by atoms with van der Waals surface area (Å²) in [6, 6.07) is 4.69. The van der Waals surface area contributed by atoms with E-state index in [0.717, 1.165) is 43.7 Å². The molecule has 4 fully saturated rings. The molecule has 8 nitrogen and oxygen atoms in total. The molecular weight excluding hydrogens is 393 g/mol. The van der Waals surface area contributed by atoms with Crippen molar-refractivity contribution in [1.29, 1.82) is 0 Å². The molecule has 2 N–H and O–H groups in total. The van der Waals surface area contributed by atoms with E-state index in [-0.39, 0.29) is 23.4 Å². The van der Waals surface area contributed by atoms with Crippen LogP contribution >= 0.6 is 0 Å². The van der Waals surface area contributed by atoms with E-state index in [1.165, 1.54) is 6.07 Å². The molecule has 0 bridgehead atoms. The second kappa shape index (κ2) is 7.96. The third-order valence-electron chi connectivity index (χ3n) is 6.89. The van der Waals surface area contributed by atoms with Crippen LogP contribution in [0.4, 0.5) is 9.18 Å². The Kier molecular flexibility index (Phi) is 5.30. The molecule has 164 valence electrons. The SMILES string of the molecule is O=C(NO)N1CC2(C[C@H](N3CCC(c4cc(F)ccc4OC4COC4)CC3)CO2)C1. The van der Waals surface area contributed by atoms with Crippen molar-refractivity contribution in [2.24, 2.45) is 0 Å². The Labute approximate surface area is 174 Å². The molecule has 0 aliphatic carbocycles. The highest BCUT2D eigenvalue weighted by atomic mass is 19.1. The van der Waals surface area contributed by atoms with Crippen LogP contribution in [0.1, 0.15) is 30.7 Å². The average molecular weight is 421 g/mol. The van der Waals surface area contributed by atoms with Crippen molar-refractivity contribution in [1.82, 2.24) is 15.3 Å². The topological polar surface area (TPSA) is 83.5 Å². The Morgan fingerprint density at radius 3 is 2.67 bits per heavy atom. The number of benzene rings is 1. The summed E-state index contributed by atoms with van der Waals surface area (Å²) >= 11 is 0. The number of carbonyl (C=O) groups is 1. The zero-order valence-corrected chi connectivity index (χ0v) is 16.9. The van der Waals surface area contributed by atoms with Crippen molar-refractivity contribution >= 4 is 6.03 Å². The zero-order chi connectivity index (χ0) is 20.7. The number of hydrogen-bond acceptors (Lipinski definition) is 6. The lowest BCUT2D eigenvalue weighted by Crippen LogP contribution is -2.65. The number of urea groups is 1. The summed E-state index contributed by atoms with van der Waals surface area (Å²) in [5.74, 6) is 0.830. The third kappa shape index (κ3) is 3.75. The molecule has 1 atom stereocenters. The van der Waals surface area contributed by atoms with Gasteiger partial charge in [-0.2, -0.15) is 0 Å². The predicted molar refractivity (Wildman–Crippen MR) is 104 cm³/mol. The van der Waals surface area contributed by atoms with Crippen molar-refractivity contribution in [2.45, 2.75) is 42.9 Å². The van der Waals surface area contributed by atoms with E-state index >= 15 is 0 Å². The minimum absolute atomic E-state index is 0.0658. The van der Waals surface area contributed by atoms with Gasteiger partial charge in [0.1, 0.15) is 23.3 Å². The van der Waals surface area contributed by atoms with Gasteiger partial charge in [-0.15, -0.1) is 0 Å². The molecule has 0 aromatic heterocycles. The fourth-order valence-electron chi connectivity index (χ4n) is 5.12. The molecular formula is C21H28FN3O5. The van der Waals surface area contributed by atoms with Gasteiger partial charge in [0.05, 0.1) is 32.9 Å². The Morgan fingerprint density at radius 1 is 1.23 bits per heavy atom. The van der Waals surface area contributed by atoms with Gasteiger partial charge in [0, 0.05) is 11.6 Å². The van der Waals surface area contributed by atoms with E-state index in [2.05, 4.69) is 4.90 Å². The second-order valence-electron chi connectivity index (χ2n) is 8.89. The van der Waals surface area contributed by atoms with Gasteiger partial charge in [0.2, 0.25) is 0 Å². The summed E-state index contributed by atoms with van der Waals surface area (Å²) in [6.45, 7) is 4.74. The number of halogens is 1. The van der Waals surface area contributed by atoms with Crippen LogP contribution in [0.5, 0.6) is 5.75 Å². The molecule has 1 aromatic rings. The minimum Gasteiger partial charge on any atom is -0.485 e. The highest BCUT2D eigenvalue weighted by Gasteiger charge is 2.52. The number of hydroxylamine groups is 1. The van der Waals surface area contributed by atoms with Gasteiger partial charge in [-0.3, -0.25) is 10.1 Å². The summed E-state index contributed by atoms with van der Waals surface area (Å²) < 4.78 is 31.2. The molecule has 9 heteroatoms. The quantitative estimate of drug-likeness (QED) is 0.569. The standard InChI is InChI=1S/C21H28FN3O5/c22-15-1-2-19(30-17-10-28-11-17)18(7-15)14-3-5-24(6-4-14)16-8-21(29-9-16)12-25(13-21)20(26)23-27/h1-2,7,14,16-17,27H,3-6,8-13H2,(H,23,26)/t16-/m0/s1. The van der Waals surface area contributed by atoms with Crippen LogP contribution in [0, 0.1) is 5.82 Å².